The van der Waals surface area contributed by atoms with Gasteiger partial charge in [0.1, 0.15) is 17.2 Å². The van der Waals surface area contributed by atoms with E-state index in [-0.39, 0.29) is 21.5 Å². The van der Waals surface area contributed by atoms with Crippen LogP contribution in [0.25, 0.3) is 0 Å². The lowest BCUT2D eigenvalue weighted by molar-refractivity contribution is -0.385. The summed E-state index contributed by atoms with van der Waals surface area (Å²) in [5.74, 6) is 0.456. The molecule has 2 aromatic rings. The van der Waals surface area contributed by atoms with Gasteiger partial charge in [0.2, 0.25) is 0 Å². The Balaban J connectivity index is 2.43. The highest BCUT2D eigenvalue weighted by atomic mass is 79.9. The van der Waals surface area contributed by atoms with Gasteiger partial charge in [0.15, 0.2) is 0 Å². The Morgan fingerprint density at radius 2 is 2.10 bits per heavy atom. The molecule has 0 unspecified atom stereocenters. The first kappa shape index (κ1) is 15.0. The third-order valence-corrected chi connectivity index (χ3v) is 3.32. The minimum Gasteiger partial charge on any atom is -0.506 e. The standard InChI is InChI=1S/C14H11BrN2O4/c1-21-13-5-3-2-4-12(13)16-8-9-6-10(17(19)20)7-11(15)14(9)18/h2-8,18H,1H3. The summed E-state index contributed by atoms with van der Waals surface area (Å²) in [5.41, 5.74) is 0.658. The molecule has 1 N–H and O–H groups in total. The predicted octanol–water partition coefficient (Wildman–Crippen LogP) is 3.82. The Bertz CT molecular complexity index is 716. The lowest BCUT2D eigenvalue weighted by Crippen LogP contribution is -1.92. The molecule has 0 bridgehead atoms. The van der Waals surface area contributed by atoms with Crippen LogP contribution in [0.2, 0.25) is 0 Å². The number of hydrogen-bond acceptors (Lipinski definition) is 5. The summed E-state index contributed by atoms with van der Waals surface area (Å²) in [4.78, 5) is 14.5. The van der Waals surface area contributed by atoms with Crippen LogP contribution in [0.4, 0.5) is 11.4 Å². The number of nitro benzene ring substituents is 1. The summed E-state index contributed by atoms with van der Waals surface area (Å²) in [6.45, 7) is 0. The molecule has 6 nitrogen and oxygen atoms in total. The average molecular weight is 351 g/mol. The van der Waals surface area contributed by atoms with Crippen LogP contribution < -0.4 is 4.74 Å². The van der Waals surface area contributed by atoms with Crippen molar-refractivity contribution in [2.45, 2.75) is 0 Å². The Kier molecular flexibility index (Phi) is 4.54. The molecule has 2 aromatic carbocycles. The van der Waals surface area contributed by atoms with E-state index in [4.69, 9.17) is 4.74 Å². The fourth-order valence-corrected chi connectivity index (χ4v) is 2.15. The summed E-state index contributed by atoms with van der Waals surface area (Å²) >= 11 is 3.08. The van der Waals surface area contributed by atoms with Crippen molar-refractivity contribution in [3.05, 3.63) is 56.5 Å². The molecule has 0 heterocycles. The summed E-state index contributed by atoms with van der Waals surface area (Å²) in [5, 5.41) is 20.7. The normalized spacial score (nSPS) is 10.8. The van der Waals surface area contributed by atoms with Gasteiger partial charge in [-0.15, -0.1) is 0 Å². The van der Waals surface area contributed by atoms with E-state index in [1.54, 1.807) is 24.3 Å². The largest absolute Gasteiger partial charge is 0.506 e. The van der Waals surface area contributed by atoms with Crippen LogP contribution in [0, 0.1) is 10.1 Å². The number of ether oxygens (including phenoxy) is 1. The molecule has 0 spiro atoms. The number of nitro groups is 1. The first-order valence-corrected chi connectivity index (χ1v) is 6.66. The smallest absolute Gasteiger partial charge is 0.271 e. The third kappa shape index (κ3) is 3.38. The number of methoxy groups -OCH3 is 1. The molecule has 0 aliphatic heterocycles. The lowest BCUT2D eigenvalue weighted by Gasteiger charge is -2.04. The number of halogens is 1. The van der Waals surface area contributed by atoms with Gasteiger partial charge in [-0.05, 0) is 28.1 Å². The number of aromatic hydroxyl groups is 1. The Hall–Kier alpha value is -2.41. The maximum Gasteiger partial charge on any atom is 0.271 e. The highest BCUT2D eigenvalue weighted by molar-refractivity contribution is 9.10. The molecule has 0 atom stereocenters. The van der Waals surface area contributed by atoms with Gasteiger partial charge < -0.3 is 9.84 Å². The van der Waals surface area contributed by atoms with Crippen LogP contribution in [-0.4, -0.2) is 23.4 Å². The second-order valence-corrected chi connectivity index (χ2v) is 4.91. The van der Waals surface area contributed by atoms with Gasteiger partial charge in [0.25, 0.3) is 5.69 Å². The monoisotopic (exact) mass is 350 g/mol. The molecule has 21 heavy (non-hydrogen) atoms. The number of aliphatic imine (C=N–C) groups is 1. The first-order chi connectivity index (χ1) is 10.0. The van der Waals surface area contributed by atoms with Crippen LogP contribution in [0.15, 0.2) is 45.9 Å². The van der Waals surface area contributed by atoms with Crippen molar-refractivity contribution < 1.29 is 14.8 Å². The predicted molar refractivity (Wildman–Crippen MR) is 82.7 cm³/mol. The summed E-state index contributed by atoms with van der Waals surface area (Å²) in [7, 11) is 1.52. The number of nitrogens with zero attached hydrogens (tertiary/aromatic N) is 2. The molecule has 108 valence electrons. The van der Waals surface area contributed by atoms with Crippen LogP contribution >= 0.6 is 15.9 Å². The topological polar surface area (TPSA) is 85.0 Å². The number of phenolic OH excluding ortho intramolecular Hbond substituents is 1. The van der Waals surface area contributed by atoms with E-state index in [2.05, 4.69) is 20.9 Å². The maximum absolute atomic E-state index is 10.8. The highest BCUT2D eigenvalue weighted by Crippen LogP contribution is 2.32. The quantitative estimate of drug-likeness (QED) is 0.515. The molecule has 0 amide bonds. The van der Waals surface area contributed by atoms with Gasteiger partial charge in [-0.2, -0.15) is 0 Å². The van der Waals surface area contributed by atoms with E-state index >= 15 is 0 Å². The lowest BCUT2D eigenvalue weighted by atomic mass is 10.2. The second-order valence-electron chi connectivity index (χ2n) is 4.05. The molecule has 0 aliphatic carbocycles. The Morgan fingerprint density at radius 3 is 2.76 bits per heavy atom. The molecule has 2 rings (SSSR count). The SMILES string of the molecule is COc1ccccc1N=Cc1cc([N+](=O)[O-])cc(Br)c1O. The van der Waals surface area contributed by atoms with Crippen molar-refractivity contribution in [2.75, 3.05) is 7.11 Å². The molecule has 0 saturated heterocycles. The van der Waals surface area contributed by atoms with Crippen molar-refractivity contribution in [3.63, 3.8) is 0 Å². The highest BCUT2D eigenvalue weighted by Gasteiger charge is 2.13. The summed E-state index contributed by atoms with van der Waals surface area (Å²) < 4.78 is 5.39. The average Bonchev–Trinajstić information content (AvgIpc) is 2.48. The van der Waals surface area contributed by atoms with Crippen molar-refractivity contribution in [1.29, 1.82) is 0 Å². The Labute approximate surface area is 129 Å². The summed E-state index contributed by atoms with van der Waals surface area (Å²) in [6, 6.07) is 9.56. The van der Waals surface area contributed by atoms with Gasteiger partial charge in [-0.25, -0.2) is 0 Å². The van der Waals surface area contributed by atoms with Gasteiger partial charge in [0, 0.05) is 23.9 Å². The summed E-state index contributed by atoms with van der Waals surface area (Å²) in [6.07, 6.45) is 1.35. The van der Waals surface area contributed by atoms with Crippen LogP contribution in [0.3, 0.4) is 0 Å². The minimum absolute atomic E-state index is 0.112. The fourth-order valence-electron chi connectivity index (χ4n) is 1.68. The van der Waals surface area contributed by atoms with E-state index < -0.39 is 4.92 Å². The van der Waals surface area contributed by atoms with Crippen molar-refractivity contribution >= 4 is 33.5 Å². The third-order valence-electron chi connectivity index (χ3n) is 2.72. The fraction of sp³-hybridized carbons (Fsp3) is 0.0714. The van der Waals surface area contributed by atoms with Gasteiger partial charge in [0.05, 0.1) is 16.5 Å². The van der Waals surface area contributed by atoms with E-state index in [9.17, 15) is 15.2 Å². The van der Waals surface area contributed by atoms with Crippen molar-refractivity contribution in [3.8, 4) is 11.5 Å². The number of hydrogen-bond donors (Lipinski definition) is 1. The Morgan fingerprint density at radius 1 is 1.38 bits per heavy atom. The minimum atomic E-state index is -0.537. The number of phenols is 1. The molecule has 0 fully saturated rings. The molecule has 0 saturated carbocycles. The van der Waals surface area contributed by atoms with Crippen molar-refractivity contribution in [1.82, 2.24) is 0 Å². The van der Waals surface area contributed by atoms with E-state index in [0.717, 1.165) is 0 Å². The molecular formula is C14H11BrN2O4. The zero-order valence-corrected chi connectivity index (χ0v) is 12.6. The second kappa shape index (κ2) is 6.36. The van der Waals surface area contributed by atoms with Crippen LogP contribution in [0.1, 0.15) is 5.56 Å². The van der Waals surface area contributed by atoms with E-state index in [1.165, 1.54) is 25.5 Å². The zero-order chi connectivity index (χ0) is 15.4. The van der Waals surface area contributed by atoms with Gasteiger partial charge in [-0.1, -0.05) is 12.1 Å². The van der Waals surface area contributed by atoms with E-state index in [0.29, 0.717) is 11.4 Å². The zero-order valence-electron chi connectivity index (χ0n) is 11.0. The molecule has 0 radical (unpaired) electrons. The molecule has 7 heteroatoms. The van der Waals surface area contributed by atoms with Crippen LogP contribution in [0.5, 0.6) is 11.5 Å². The number of para-hydroxylation sites is 2. The number of benzene rings is 2. The van der Waals surface area contributed by atoms with Gasteiger partial charge >= 0.3 is 0 Å². The van der Waals surface area contributed by atoms with Gasteiger partial charge in [-0.3, -0.25) is 15.1 Å². The maximum atomic E-state index is 10.8. The first-order valence-electron chi connectivity index (χ1n) is 5.87. The number of rotatable bonds is 4. The van der Waals surface area contributed by atoms with Crippen molar-refractivity contribution in [2.24, 2.45) is 4.99 Å². The number of non-ortho nitro benzene ring substituents is 1. The molecule has 0 aromatic heterocycles. The molecular weight excluding hydrogens is 340 g/mol. The van der Waals surface area contributed by atoms with E-state index in [1.807, 2.05) is 0 Å². The molecule has 0 aliphatic rings. The van der Waals surface area contributed by atoms with Crippen LogP contribution in [-0.2, 0) is 0 Å².